The van der Waals surface area contributed by atoms with E-state index < -0.39 is 10.0 Å². The monoisotopic (exact) mass is 307 g/mol. The molecule has 0 fully saturated rings. The molecule has 0 spiro atoms. The van der Waals surface area contributed by atoms with Crippen LogP contribution in [0.25, 0.3) is 0 Å². The van der Waals surface area contributed by atoms with Gasteiger partial charge in [-0.3, -0.25) is 5.10 Å². The van der Waals surface area contributed by atoms with Gasteiger partial charge < -0.3 is 0 Å². The number of hydrogen-bond acceptors (Lipinski definition) is 3. The van der Waals surface area contributed by atoms with Crippen molar-refractivity contribution >= 4 is 10.0 Å². The van der Waals surface area contributed by atoms with Gasteiger partial charge in [0, 0.05) is 6.54 Å². The second-order valence-corrected chi connectivity index (χ2v) is 7.19. The predicted octanol–water partition coefficient (Wildman–Crippen LogP) is 2.63. The highest BCUT2D eigenvalue weighted by atomic mass is 32.2. The van der Waals surface area contributed by atoms with Crippen LogP contribution in [-0.2, 0) is 16.6 Å². The molecule has 2 rings (SSSR count). The van der Waals surface area contributed by atoms with Crippen molar-refractivity contribution in [3.63, 3.8) is 0 Å². The van der Waals surface area contributed by atoms with Crippen molar-refractivity contribution in [2.24, 2.45) is 0 Å². The Kier molecular flexibility index (Phi) is 4.49. The lowest BCUT2D eigenvalue weighted by Gasteiger charge is -2.09. The molecule has 2 N–H and O–H groups in total. The number of H-pyrrole nitrogens is 1. The first kappa shape index (κ1) is 15.7. The van der Waals surface area contributed by atoms with Gasteiger partial charge in [0.15, 0.2) is 0 Å². The third-order valence-corrected chi connectivity index (χ3v) is 5.11. The summed E-state index contributed by atoms with van der Waals surface area (Å²) in [4.78, 5) is 0.237. The molecule has 0 saturated carbocycles. The van der Waals surface area contributed by atoms with E-state index in [9.17, 15) is 8.42 Å². The number of rotatable bonds is 5. The quantitative estimate of drug-likeness (QED) is 0.891. The van der Waals surface area contributed by atoms with Crippen LogP contribution in [0.2, 0.25) is 0 Å². The Morgan fingerprint density at radius 1 is 1.19 bits per heavy atom. The van der Waals surface area contributed by atoms with Crippen LogP contribution < -0.4 is 4.72 Å². The highest BCUT2D eigenvalue weighted by Crippen LogP contribution is 2.18. The minimum atomic E-state index is -3.55. The van der Waals surface area contributed by atoms with Crippen LogP contribution in [0.5, 0.6) is 0 Å². The predicted molar refractivity (Wildman–Crippen MR) is 82.6 cm³/mol. The molecule has 1 aromatic carbocycles. The smallest absolute Gasteiger partial charge is 0.244 e. The normalized spacial score (nSPS) is 12.0. The van der Waals surface area contributed by atoms with E-state index in [2.05, 4.69) is 28.8 Å². The number of hydrogen-bond donors (Lipinski definition) is 2. The van der Waals surface area contributed by atoms with Crippen LogP contribution >= 0.6 is 0 Å². The van der Waals surface area contributed by atoms with Gasteiger partial charge in [-0.05, 0) is 30.9 Å². The molecule has 0 radical (unpaired) electrons. The second kappa shape index (κ2) is 5.99. The van der Waals surface area contributed by atoms with Crippen LogP contribution in [0.1, 0.15) is 42.3 Å². The van der Waals surface area contributed by atoms with Gasteiger partial charge in [-0.25, -0.2) is 13.1 Å². The Labute approximate surface area is 125 Å². The first-order valence-electron chi connectivity index (χ1n) is 6.91. The van der Waals surface area contributed by atoms with Crippen molar-refractivity contribution in [2.45, 2.75) is 45.1 Å². The van der Waals surface area contributed by atoms with Gasteiger partial charge in [-0.2, -0.15) is 5.10 Å². The van der Waals surface area contributed by atoms with Gasteiger partial charge in [0.05, 0.1) is 11.4 Å². The van der Waals surface area contributed by atoms with Crippen LogP contribution in [0.3, 0.4) is 0 Å². The van der Waals surface area contributed by atoms with Crippen molar-refractivity contribution in [1.82, 2.24) is 14.9 Å². The van der Waals surface area contributed by atoms with E-state index >= 15 is 0 Å². The number of sulfonamides is 1. The Hall–Kier alpha value is -1.66. The van der Waals surface area contributed by atoms with Crippen molar-refractivity contribution in [3.8, 4) is 0 Å². The van der Waals surface area contributed by atoms with Crippen molar-refractivity contribution in [3.05, 3.63) is 46.8 Å². The number of nitrogens with one attached hydrogen (secondary N) is 2. The molecule has 21 heavy (non-hydrogen) atoms. The number of benzene rings is 1. The molecule has 1 heterocycles. The maximum atomic E-state index is 12.3. The Morgan fingerprint density at radius 2 is 1.81 bits per heavy atom. The van der Waals surface area contributed by atoms with Crippen LogP contribution in [0.4, 0.5) is 0 Å². The van der Waals surface area contributed by atoms with E-state index in [4.69, 9.17) is 0 Å². The molecule has 0 aliphatic rings. The van der Waals surface area contributed by atoms with Crippen molar-refractivity contribution < 1.29 is 8.42 Å². The third kappa shape index (κ3) is 3.51. The van der Waals surface area contributed by atoms with E-state index in [0.29, 0.717) is 17.3 Å². The van der Waals surface area contributed by atoms with Crippen molar-refractivity contribution in [2.75, 3.05) is 0 Å². The van der Waals surface area contributed by atoms with Crippen LogP contribution in [0, 0.1) is 13.8 Å². The molecule has 0 unspecified atom stereocenters. The fourth-order valence-corrected chi connectivity index (χ4v) is 3.59. The standard InChI is InChI=1S/C15H21N3O2S/c1-10(2)14-7-5-13(6-8-14)9-16-21(19,20)15-11(3)17-18-12(15)4/h5-8,10,16H,9H2,1-4H3,(H,17,18). The molecule has 0 aliphatic carbocycles. The fourth-order valence-electron chi connectivity index (χ4n) is 2.21. The van der Waals surface area contributed by atoms with E-state index in [1.54, 1.807) is 13.8 Å². The Morgan fingerprint density at radius 3 is 2.29 bits per heavy atom. The summed E-state index contributed by atoms with van der Waals surface area (Å²) in [6, 6.07) is 7.96. The van der Waals surface area contributed by atoms with E-state index in [-0.39, 0.29) is 11.4 Å². The zero-order valence-corrected chi connectivity index (χ0v) is 13.6. The highest BCUT2D eigenvalue weighted by Gasteiger charge is 2.21. The van der Waals surface area contributed by atoms with Gasteiger partial charge in [0.1, 0.15) is 4.90 Å². The molecule has 6 heteroatoms. The summed E-state index contributed by atoms with van der Waals surface area (Å²) in [5, 5.41) is 6.62. The van der Waals surface area contributed by atoms with Crippen LogP contribution in [0.15, 0.2) is 29.2 Å². The maximum Gasteiger partial charge on any atom is 0.244 e. The summed E-state index contributed by atoms with van der Waals surface area (Å²) in [5.41, 5.74) is 3.20. The first-order valence-corrected chi connectivity index (χ1v) is 8.39. The number of aromatic nitrogens is 2. The molecule has 0 saturated heterocycles. The van der Waals surface area contributed by atoms with Crippen molar-refractivity contribution in [1.29, 1.82) is 0 Å². The summed E-state index contributed by atoms with van der Waals surface area (Å²) in [5.74, 6) is 0.465. The zero-order chi connectivity index (χ0) is 15.6. The van der Waals surface area contributed by atoms with E-state index in [1.807, 2.05) is 24.3 Å². The van der Waals surface area contributed by atoms with E-state index in [1.165, 1.54) is 5.56 Å². The molecule has 1 aromatic heterocycles. The summed E-state index contributed by atoms with van der Waals surface area (Å²) in [7, 11) is -3.55. The molecule has 0 bridgehead atoms. The number of aromatic amines is 1. The minimum absolute atomic E-state index is 0.237. The average molecular weight is 307 g/mol. The lowest BCUT2D eigenvalue weighted by atomic mass is 10.0. The summed E-state index contributed by atoms with van der Waals surface area (Å²) in [6.45, 7) is 7.90. The third-order valence-electron chi connectivity index (χ3n) is 3.44. The topological polar surface area (TPSA) is 74.8 Å². The van der Waals surface area contributed by atoms with Gasteiger partial charge in [-0.15, -0.1) is 0 Å². The minimum Gasteiger partial charge on any atom is -0.281 e. The molecule has 114 valence electrons. The summed E-state index contributed by atoms with van der Waals surface area (Å²) in [6.07, 6.45) is 0. The first-order chi connectivity index (χ1) is 9.81. The van der Waals surface area contributed by atoms with Gasteiger partial charge >= 0.3 is 0 Å². The molecule has 0 atom stereocenters. The molecule has 5 nitrogen and oxygen atoms in total. The van der Waals surface area contributed by atoms with E-state index in [0.717, 1.165) is 5.56 Å². The largest absolute Gasteiger partial charge is 0.281 e. The van der Waals surface area contributed by atoms with Gasteiger partial charge in [-0.1, -0.05) is 38.1 Å². The molecular weight excluding hydrogens is 286 g/mol. The molecule has 2 aromatic rings. The fraction of sp³-hybridized carbons (Fsp3) is 0.400. The lowest BCUT2D eigenvalue weighted by molar-refractivity contribution is 0.580. The molecule has 0 aliphatic heterocycles. The number of nitrogens with zero attached hydrogens (tertiary/aromatic N) is 1. The van der Waals surface area contributed by atoms with Gasteiger partial charge in [0.25, 0.3) is 0 Å². The molecular formula is C15H21N3O2S. The summed E-state index contributed by atoms with van der Waals surface area (Å²) < 4.78 is 27.2. The summed E-state index contributed by atoms with van der Waals surface area (Å²) >= 11 is 0. The maximum absolute atomic E-state index is 12.3. The zero-order valence-electron chi connectivity index (χ0n) is 12.8. The highest BCUT2D eigenvalue weighted by molar-refractivity contribution is 7.89. The SMILES string of the molecule is Cc1n[nH]c(C)c1S(=O)(=O)NCc1ccc(C(C)C)cc1. The Bertz CT molecular complexity index is 696. The van der Waals surface area contributed by atoms with Crippen LogP contribution in [-0.4, -0.2) is 18.6 Å². The van der Waals surface area contributed by atoms with Gasteiger partial charge in [0.2, 0.25) is 10.0 Å². The second-order valence-electron chi connectivity index (χ2n) is 5.48. The number of aryl methyl sites for hydroxylation is 2. The molecule has 0 amide bonds. The average Bonchev–Trinajstić information content (AvgIpc) is 2.77. The Balaban J connectivity index is 2.12. The lowest BCUT2D eigenvalue weighted by Crippen LogP contribution is -2.24.